The van der Waals surface area contributed by atoms with Crippen molar-refractivity contribution in [1.29, 1.82) is 0 Å². The molecule has 8 N–H and O–H groups in total. The van der Waals surface area contributed by atoms with Crippen molar-refractivity contribution in [2.75, 3.05) is 0 Å². The van der Waals surface area contributed by atoms with Crippen LogP contribution in [0.2, 0.25) is 0 Å². The van der Waals surface area contributed by atoms with Gasteiger partial charge in [0.15, 0.2) is 0 Å². The van der Waals surface area contributed by atoms with Gasteiger partial charge in [-0.2, -0.15) is 0 Å². The van der Waals surface area contributed by atoms with Crippen LogP contribution < -0.4 is 0 Å². The number of hydrogen-bond donors (Lipinski definition) is 8. The fourth-order valence-corrected chi connectivity index (χ4v) is 5.26. The van der Waals surface area contributed by atoms with Gasteiger partial charge in [-0.05, 0) is 33.0 Å². The van der Waals surface area contributed by atoms with E-state index >= 15 is 0 Å². The van der Waals surface area contributed by atoms with Gasteiger partial charge in [0.2, 0.25) is 0 Å². The van der Waals surface area contributed by atoms with Gasteiger partial charge in [-0.25, -0.2) is 38.4 Å². The Morgan fingerprint density at radius 1 is 0.400 bits per heavy atom. The van der Waals surface area contributed by atoms with Crippen molar-refractivity contribution in [3.63, 3.8) is 0 Å². The van der Waals surface area contributed by atoms with Gasteiger partial charge in [0.25, 0.3) is 0 Å². The van der Waals surface area contributed by atoms with Crippen molar-refractivity contribution in [2.24, 2.45) is 5.41 Å². The molecule has 0 bridgehead atoms. The lowest BCUT2D eigenvalue weighted by molar-refractivity contribution is -0.183. The summed E-state index contributed by atoms with van der Waals surface area (Å²) >= 11 is 0. The molecule has 5 rings (SSSR count). The largest absolute Gasteiger partial charge is 0.480 e. The van der Waals surface area contributed by atoms with Gasteiger partial charge in [0.1, 0.15) is 0 Å². The highest BCUT2D eigenvalue weighted by atomic mass is 16.4. The molecule has 0 heterocycles. The Balaban J connectivity index is 0.000000302. The predicted molar refractivity (Wildman–Crippen MR) is 148 cm³/mol. The van der Waals surface area contributed by atoms with Crippen molar-refractivity contribution in [1.82, 2.24) is 0 Å². The quantitative estimate of drug-likeness (QED) is 0.0702. The highest BCUT2D eigenvalue weighted by Gasteiger charge is 2.62. The number of aliphatic carboxylic acids is 4. The first-order valence-electron chi connectivity index (χ1n) is 12.1. The lowest BCUT2D eigenvalue weighted by Crippen LogP contribution is -2.52. The van der Waals surface area contributed by atoms with Crippen molar-refractivity contribution in [3.8, 4) is 0 Å². The standard InChI is InChI=1S/C24H12O8.C5H4O8/c25-21(26)13-8-7-11-10-5-1-3-9-4-2-6-12(14(9)10)16-15(11)17(13)19(23(29)30)20(24(31)32)18(16)22(27)28;6-1(7)5(2(8)9,3(10)11)4(12)13/h1-8H,(H,25,26)(H,27,28)(H,29,30)(H,31,32);(H,6,7)(H,8,9)(H,10,11)(H,12,13). The molecule has 0 aliphatic rings. The first kappa shape index (κ1) is 31.1. The van der Waals surface area contributed by atoms with E-state index in [1.807, 2.05) is 12.1 Å². The summed E-state index contributed by atoms with van der Waals surface area (Å²) in [6, 6.07) is 13.2. The summed E-state index contributed by atoms with van der Waals surface area (Å²) in [7, 11) is 0. The van der Waals surface area contributed by atoms with E-state index in [2.05, 4.69) is 0 Å². The van der Waals surface area contributed by atoms with Crippen LogP contribution in [0.3, 0.4) is 0 Å². The van der Waals surface area contributed by atoms with E-state index < -0.39 is 75.4 Å². The van der Waals surface area contributed by atoms with Crippen LogP contribution in [0.1, 0.15) is 41.4 Å². The second-order valence-electron chi connectivity index (χ2n) is 9.31. The minimum absolute atomic E-state index is 0.00250. The lowest BCUT2D eigenvalue weighted by Gasteiger charge is -2.20. The third-order valence-electron chi connectivity index (χ3n) is 7.07. The molecule has 0 amide bonds. The molecule has 5 aromatic carbocycles. The first-order chi connectivity index (χ1) is 21.0. The van der Waals surface area contributed by atoms with Gasteiger partial charge >= 0.3 is 53.2 Å². The van der Waals surface area contributed by atoms with E-state index in [1.54, 1.807) is 24.3 Å². The van der Waals surface area contributed by atoms with Crippen molar-refractivity contribution in [3.05, 3.63) is 70.8 Å². The molecule has 0 unspecified atom stereocenters. The average Bonchev–Trinajstić information content (AvgIpc) is 2.93. The number of carboxylic acids is 8. The Kier molecular flexibility index (Phi) is 7.45. The van der Waals surface area contributed by atoms with Crippen LogP contribution in [0.4, 0.5) is 0 Å². The topological polar surface area (TPSA) is 298 Å². The van der Waals surface area contributed by atoms with Gasteiger partial charge < -0.3 is 40.9 Å². The normalized spacial score (nSPS) is 11.2. The Hall–Kier alpha value is -6.84. The molecule has 0 fully saturated rings. The Morgan fingerprint density at radius 2 is 0.822 bits per heavy atom. The number of hydrogen-bond acceptors (Lipinski definition) is 8. The summed E-state index contributed by atoms with van der Waals surface area (Å²) in [5.41, 5.74) is -6.76. The predicted octanol–water partition coefficient (Wildman–Crippen LogP) is 2.84. The molecular formula is C29H16O16. The number of aromatic carboxylic acids is 4. The summed E-state index contributed by atoms with van der Waals surface area (Å²) in [5, 5.41) is 75.0. The second-order valence-corrected chi connectivity index (χ2v) is 9.31. The summed E-state index contributed by atoms with van der Waals surface area (Å²) in [4.78, 5) is 89.5. The van der Waals surface area contributed by atoms with Crippen LogP contribution in [0.5, 0.6) is 0 Å². The van der Waals surface area contributed by atoms with Gasteiger partial charge in [0, 0.05) is 16.2 Å². The molecule has 0 atom stereocenters. The average molecular weight is 620 g/mol. The zero-order valence-corrected chi connectivity index (χ0v) is 22.0. The zero-order chi connectivity index (χ0) is 33.7. The SMILES string of the molecule is O=C(O)C(C(=O)O)(C(=O)O)C(=O)O.O=C(O)c1c(C(=O)O)c2c(C(=O)O)ccc3c4cccc5cccc(c(c1C(=O)O)c23)c54. The Labute approximate surface area is 246 Å². The Bertz CT molecular complexity index is 2130. The summed E-state index contributed by atoms with van der Waals surface area (Å²) in [5.74, 6) is -16.4. The van der Waals surface area contributed by atoms with Gasteiger partial charge in [-0.1, -0.05) is 42.5 Å². The monoisotopic (exact) mass is 620 g/mol. The van der Waals surface area contributed by atoms with E-state index in [4.69, 9.17) is 20.4 Å². The van der Waals surface area contributed by atoms with Crippen LogP contribution in [0.25, 0.3) is 43.1 Å². The summed E-state index contributed by atoms with van der Waals surface area (Å²) < 4.78 is 0. The maximum atomic E-state index is 12.3. The molecule has 0 saturated carbocycles. The fraction of sp³-hybridized carbons (Fsp3) is 0.0345. The molecule has 16 nitrogen and oxygen atoms in total. The summed E-state index contributed by atoms with van der Waals surface area (Å²) in [6.45, 7) is 0. The lowest BCUT2D eigenvalue weighted by atomic mass is 9.81. The maximum absolute atomic E-state index is 12.3. The first-order valence-corrected chi connectivity index (χ1v) is 12.1. The second kappa shape index (κ2) is 10.8. The maximum Gasteiger partial charge on any atom is 0.354 e. The van der Waals surface area contributed by atoms with Crippen molar-refractivity contribution >= 4 is 90.8 Å². The molecule has 0 saturated heterocycles. The fourth-order valence-electron chi connectivity index (χ4n) is 5.26. The molecule has 16 heteroatoms. The molecular weight excluding hydrogens is 604 g/mol. The van der Waals surface area contributed by atoms with Gasteiger partial charge in [-0.15, -0.1) is 0 Å². The molecule has 228 valence electrons. The highest BCUT2D eigenvalue weighted by Crippen LogP contribution is 2.45. The van der Waals surface area contributed by atoms with Crippen LogP contribution in [0, 0.1) is 5.41 Å². The van der Waals surface area contributed by atoms with E-state index in [1.165, 1.54) is 12.1 Å². The van der Waals surface area contributed by atoms with E-state index in [9.17, 15) is 58.8 Å². The molecule has 0 spiro atoms. The van der Waals surface area contributed by atoms with E-state index in [-0.39, 0.29) is 16.2 Å². The highest BCUT2D eigenvalue weighted by molar-refractivity contribution is 6.40. The number of rotatable bonds is 8. The number of fused-ring (bicyclic) bond motifs is 2. The third-order valence-corrected chi connectivity index (χ3v) is 7.07. The van der Waals surface area contributed by atoms with E-state index in [0.717, 1.165) is 5.39 Å². The van der Waals surface area contributed by atoms with Crippen molar-refractivity contribution in [2.45, 2.75) is 0 Å². The number of carboxylic acid groups (broad SMARTS) is 8. The Morgan fingerprint density at radius 3 is 1.22 bits per heavy atom. The number of carbonyl (C=O) groups is 8. The zero-order valence-electron chi connectivity index (χ0n) is 22.0. The molecule has 0 aliphatic heterocycles. The molecule has 0 aliphatic carbocycles. The molecule has 45 heavy (non-hydrogen) atoms. The minimum Gasteiger partial charge on any atom is -0.480 e. The third kappa shape index (κ3) is 4.40. The molecule has 0 radical (unpaired) electrons. The smallest absolute Gasteiger partial charge is 0.354 e. The van der Waals surface area contributed by atoms with Gasteiger partial charge in [0.05, 0.1) is 22.3 Å². The van der Waals surface area contributed by atoms with Gasteiger partial charge in [-0.3, -0.25) is 0 Å². The molecule has 0 aromatic heterocycles. The minimum atomic E-state index is -3.83. The molecule has 5 aromatic rings. The number of benzene rings is 5. The van der Waals surface area contributed by atoms with Crippen molar-refractivity contribution < 1.29 is 79.2 Å². The summed E-state index contributed by atoms with van der Waals surface area (Å²) in [6.07, 6.45) is 0. The van der Waals surface area contributed by atoms with Crippen LogP contribution in [-0.2, 0) is 19.2 Å². The van der Waals surface area contributed by atoms with E-state index in [0.29, 0.717) is 21.5 Å². The van der Waals surface area contributed by atoms with Crippen LogP contribution in [0.15, 0.2) is 48.5 Å². The van der Waals surface area contributed by atoms with Crippen LogP contribution >= 0.6 is 0 Å². The van der Waals surface area contributed by atoms with Crippen LogP contribution in [-0.4, -0.2) is 88.6 Å².